The summed E-state index contributed by atoms with van der Waals surface area (Å²) in [5, 5.41) is 0.457. The molecule has 1 aromatic heterocycles. The molecule has 4 rings (SSSR count). The third kappa shape index (κ3) is 3.39. The molecular formula is C21H18ClN3O3. The highest BCUT2D eigenvalue weighted by Gasteiger charge is 2.24. The van der Waals surface area contributed by atoms with Gasteiger partial charge in [-0.3, -0.25) is 14.2 Å². The highest BCUT2D eigenvalue weighted by molar-refractivity contribution is 6.31. The number of fused-ring (bicyclic) bond motifs is 1. The van der Waals surface area contributed by atoms with Gasteiger partial charge in [0.1, 0.15) is 5.56 Å². The van der Waals surface area contributed by atoms with Crippen LogP contribution in [0, 0.1) is 0 Å². The van der Waals surface area contributed by atoms with Crippen LogP contribution in [0.2, 0.25) is 5.02 Å². The number of halogens is 1. The van der Waals surface area contributed by atoms with E-state index in [4.69, 9.17) is 11.6 Å². The van der Waals surface area contributed by atoms with Crippen LogP contribution in [0.5, 0.6) is 0 Å². The number of carbonyl (C=O) groups is 1. The van der Waals surface area contributed by atoms with Crippen LogP contribution in [-0.4, -0.2) is 26.9 Å². The van der Waals surface area contributed by atoms with Crippen molar-refractivity contribution in [1.82, 2.24) is 14.5 Å². The zero-order valence-corrected chi connectivity index (χ0v) is 15.8. The molecule has 0 atom stereocenters. The molecule has 0 saturated carbocycles. The summed E-state index contributed by atoms with van der Waals surface area (Å²) in [5.41, 5.74) is 1.67. The minimum absolute atomic E-state index is 0.00219. The maximum Gasteiger partial charge on any atom is 0.328 e. The smallest absolute Gasteiger partial charge is 0.328 e. The second-order valence-electron chi connectivity index (χ2n) is 6.74. The van der Waals surface area contributed by atoms with Gasteiger partial charge in [-0.2, -0.15) is 0 Å². The van der Waals surface area contributed by atoms with Gasteiger partial charge < -0.3 is 9.88 Å². The Kier molecular flexibility index (Phi) is 4.88. The number of rotatable bonds is 3. The van der Waals surface area contributed by atoms with Gasteiger partial charge in [0.05, 0.1) is 6.54 Å². The molecule has 0 bridgehead atoms. The van der Waals surface area contributed by atoms with Gasteiger partial charge in [0.25, 0.3) is 11.5 Å². The van der Waals surface area contributed by atoms with E-state index in [9.17, 15) is 14.4 Å². The summed E-state index contributed by atoms with van der Waals surface area (Å²) in [6.07, 6.45) is 1.94. The summed E-state index contributed by atoms with van der Waals surface area (Å²) in [4.78, 5) is 42.2. The van der Waals surface area contributed by atoms with Crippen LogP contribution >= 0.6 is 11.6 Å². The highest BCUT2D eigenvalue weighted by atomic mass is 35.5. The molecule has 0 saturated heterocycles. The standard InChI is InChI=1S/C21H18ClN3O3/c22-18-8-4-3-7-16(18)13-25-20(27)17(11-23-21(25)28)19(26)24-10-9-14-5-1-2-6-15(14)12-24/h1-8,11H,9-10,12-13H2,(H,23,28). The fraction of sp³-hybridized carbons (Fsp3) is 0.190. The van der Waals surface area contributed by atoms with Crippen LogP contribution < -0.4 is 11.2 Å². The largest absolute Gasteiger partial charge is 0.334 e. The topological polar surface area (TPSA) is 75.2 Å². The Morgan fingerprint density at radius 3 is 2.54 bits per heavy atom. The van der Waals surface area contributed by atoms with Crippen molar-refractivity contribution in [3.63, 3.8) is 0 Å². The number of aromatic amines is 1. The number of nitrogens with zero attached hydrogens (tertiary/aromatic N) is 2. The first-order valence-electron chi connectivity index (χ1n) is 8.96. The van der Waals surface area contributed by atoms with Gasteiger partial charge in [-0.15, -0.1) is 0 Å². The van der Waals surface area contributed by atoms with E-state index in [2.05, 4.69) is 4.98 Å². The van der Waals surface area contributed by atoms with Gasteiger partial charge in [-0.25, -0.2) is 4.79 Å². The Morgan fingerprint density at radius 2 is 1.75 bits per heavy atom. The zero-order chi connectivity index (χ0) is 19.7. The highest BCUT2D eigenvalue weighted by Crippen LogP contribution is 2.19. The molecule has 142 valence electrons. The predicted octanol–water partition coefficient (Wildman–Crippen LogP) is 2.44. The summed E-state index contributed by atoms with van der Waals surface area (Å²) in [6.45, 7) is 0.967. The number of aromatic nitrogens is 2. The summed E-state index contributed by atoms with van der Waals surface area (Å²) in [7, 11) is 0. The van der Waals surface area contributed by atoms with E-state index >= 15 is 0 Å². The molecule has 28 heavy (non-hydrogen) atoms. The second-order valence-corrected chi connectivity index (χ2v) is 7.14. The van der Waals surface area contributed by atoms with Crippen molar-refractivity contribution in [2.45, 2.75) is 19.5 Å². The van der Waals surface area contributed by atoms with E-state index in [-0.39, 0.29) is 18.0 Å². The van der Waals surface area contributed by atoms with E-state index < -0.39 is 11.2 Å². The van der Waals surface area contributed by atoms with Gasteiger partial charge in [0.15, 0.2) is 0 Å². The average Bonchev–Trinajstić information content (AvgIpc) is 2.71. The summed E-state index contributed by atoms with van der Waals surface area (Å²) < 4.78 is 1.01. The van der Waals surface area contributed by atoms with Gasteiger partial charge in [-0.05, 0) is 29.2 Å². The third-order valence-electron chi connectivity index (χ3n) is 5.00. The fourth-order valence-corrected chi connectivity index (χ4v) is 3.64. The van der Waals surface area contributed by atoms with E-state index in [0.717, 1.165) is 16.6 Å². The Balaban J connectivity index is 1.66. The minimum Gasteiger partial charge on any atom is -0.334 e. The first-order valence-corrected chi connectivity index (χ1v) is 9.34. The van der Waals surface area contributed by atoms with Crippen molar-refractivity contribution in [3.05, 3.63) is 103 Å². The summed E-state index contributed by atoms with van der Waals surface area (Å²) in [5.74, 6) is -0.385. The van der Waals surface area contributed by atoms with Crippen molar-refractivity contribution < 1.29 is 4.79 Å². The SMILES string of the molecule is O=C(c1c[nH]c(=O)n(Cc2ccccc2Cl)c1=O)N1CCc2ccccc2C1. The first-order chi connectivity index (χ1) is 13.5. The molecule has 1 aliphatic rings. The minimum atomic E-state index is -0.618. The number of hydrogen-bond donors (Lipinski definition) is 1. The van der Waals surface area contributed by atoms with Crippen molar-refractivity contribution in [2.24, 2.45) is 0 Å². The zero-order valence-electron chi connectivity index (χ0n) is 15.0. The van der Waals surface area contributed by atoms with Crippen LogP contribution in [0.1, 0.15) is 27.0 Å². The monoisotopic (exact) mass is 395 g/mol. The Bertz CT molecular complexity index is 1170. The number of H-pyrrole nitrogens is 1. The van der Waals surface area contributed by atoms with E-state index in [1.165, 1.54) is 11.8 Å². The molecule has 0 unspecified atom stereocenters. The second kappa shape index (κ2) is 7.48. The Morgan fingerprint density at radius 1 is 1.04 bits per heavy atom. The molecular weight excluding hydrogens is 378 g/mol. The lowest BCUT2D eigenvalue weighted by Gasteiger charge is -2.28. The van der Waals surface area contributed by atoms with Gasteiger partial charge in [0, 0.05) is 24.3 Å². The maximum atomic E-state index is 13.0. The molecule has 0 fully saturated rings. The van der Waals surface area contributed by atoms with Crippen molar-refractivity contribution in [1.29, 1.82) is 0 Å². The summed E-state index contributed by atoms with van der Waals surface area (Å²) in [6, 6.07) is 14.9. The molecule has 6 nitrogen and oxygen atoms in total. The van der Waals surface area contributed by atoms with E-state index in [1.54, 1.807) is 29.2 Å². The molecule has 3 aromatic rings. The molecule has 1 amide bonds. The lowest BCUT2D eigenvalue weighted by atomic mass is 9.99. The van der Waals surface area contributed by atoms with Crippen molar-refractivity contribution >= 4 is 17.5 Å². The van der Waals surface area contributed by atoms with Crippen LogP contribution in [-0.2, 0) is 19.5 Å². The number of nitrogens with one attached hydrogen (secondary N) is 1. The molecule has 0 aliphatic carbocycles. The molecule has 2 heterocycles. The molecule has 7 heteroatoms. The fourth-order valence-electron chi connectivity index (χ4n) is 3.44. The van der Waals surface area contributed by atoms with Crippen LogP contribution in [0.25, 0.3) is 0 Å². The molecule has 1 N–H and O–H groups in total. The van der Waals surface area contributed by atoms with Crippen LogP contribution in [0.4, 0.5) is 0 Å². The third-order valence-corrected chi connectivity index (χ3v) is 5.36. The normalized spacial score (nSPS) is 13.2. The lowest BCUT2D eigenvalue weighted by molar-refractivity contribution is 0.0731. The van der Waals surface area contributed by atoms with Crippen molar-refractivity contribution in [2.75, 3.05) is 6.54 Å². The number of carbonyl (C=O) groups excluding carboxylic acids is 1. The first kappa shape index (κ1) is 18.3. The molecule has 1 aliphatic heterocycles. The number of benzene rings is 2. The number of hydrogen-bond acceptors (Lipinski definition) is 3. The van der Waals surface area contributed by atoms with Crippen LogP contribution in [0.15, 0.2) is 64.3 Å². The molecule has 0 radical (unpaired) electrons. The lowest BCUT2D eigenvalue weighted by Crippen LogP contribution is -2.43. The van der Waals surface area contributed by atoms with Crippen LogP contribution in [0.3, 0.4) is 0 Å². The predicted molar refractivity (Wildman–Crippen MR) is 107 cm³/mol. The van der Waals surface area contributed by atoms with E-state index in [0.29, 0.717) is 23.7 Å². The van der Waals surface area contributed by atoms with Gasteiger partial charge in [-0.1, -0.05) is 54.1 Å². The Hall–Kier alpha value is -3.12. The summed E-state index contributed by atoms with van der Waals surface area (Å²) >= 11 is 6.15. The van der Waals surface area contributed by atoms with E-state index in [1.807, 2.05) is 24.3 Å². The molecule has 0 spiro atoms. The number of amides is 1. The quantitative estimate of drug-likeness (QED) is 0.740. The maximum absolute atomic E-state index is 13.0. The van der Waals surface area contributed by atoms with Gasteiger partial charge in [0.2, 0.25) is 0 Å². The van der Waals surface area contributed by atoms with Crippen molar-refractivity contribution in [3.8, 4) is 0 Å². The average molecular weight is 396 g/mol. The Labute approximate surface area is 166 Å². The molecule has 2 aromatic carbocycles. The van der Waals surface area contributed by atoms with Gasteiger partial charge >= 0.3 is 5.69 Å².